The number of rotatable bonds is 7. The molecule has 4 nitrogen and oxygen atoms in total. The first-order valence-electron chi connectivity index (χ1n) is 7.04. The molecule has 0 amide bonds. The Morgan fingerprint density at radius 1 is 1.30 bits per heavy atom. The largest absolute Gasteiger partial charge is 0.313 e. The lowest BCUT2D eigenvalue weighted by atomic mass is 10.1. The van der Waals surface area contributed by atoms with Crippen LogP contribution in [0, 0.1) is 11.3 Å². The highest BCUT2D eigenvalue weighted by Gasteiger charge is 2.10. The summed E-state index contributed by atoms with van der Waals surface area (Å²) in [6, 6.07) is 12.3. The summed E-state index contributed by atoms with van der Waals surface area (Å²) in [6.07, 6.45) is 3.64. The Morgan fingerprint density at radius 3 is 2.80 bits per heavy atom. The first kappa shape index (κ1) is 14.3. The van der Waals surface area contributed by atoms with Gasteiger partial charge in [0.05, 0.1) is 24.7 Å². The predicted molar refractivity (Wildman–Crippen MR) is 79.9 cm³/mol. The normalized spacial score (nSPS) is 10.4. The van der Waals surface area contributed by atoms with E-state index < -0.39 is 0 Å². The maximum absolute atomic E-state index is 8.69. The molecule has 0 atom stereocenters. The van der Waals surface area contributed by atoms with Crippen LogP contribution in [-0.2, 0) is 13.1 Å². The van der Waals surface area contributed by atoms with Crippen molar-refractivity contribution in [2.75, 3.05) is 6.54 Å². The van der Waals surface area contributed by atoms with Crippen LogP contribution < -0.4 is 5.32 Å². The summed E-state index contributed by atoms with van der Waals surface area (Å²) in [5.74, 6) is 0. The quantitative estimate of drug-likeness (QED) is 0.785. The van der Waals surface area contributed by atoms with E-state index in [0.29, 0.717) is 13.0 Å². The fourth-order valence-corrected chi connectivity index (χ4v) is 2.11. The van der Waals surface area contributed by atoms with Gasteiger partial charge in [-0.3, -0.25) is 4.68 Å². The van der Waals surface area contributed by atoms with Crippen molar-refractivity contribution in [1.82, 2.24) is 15.1 Å². The van der Waals surface area contributed by atoms with Crippen molar-refractivity contribution in [1.29, 1.82) is 5.26 Å². The van der Waals surface area contributed by atoms with E-state index in [1.807, 2.05) is 29.1 Å². The van der Waals surface area contributed by atoms with Crippen LogP contribution in [0.2, 0.25) is 0 Å². The Labute approximate surface area is 120 Å². The van der Waals surface area contributed by atoms with Crippen LogP contribution in [0.3, 0.4) is 0 Å². The number of hydrogen-bond donors (Lipinski definition) is 1. The van der Waals surface area contributed by atoms with Gasteiger partial charge in [-0.1, -0.05) is 37.3 Å². The number of hydrogen-bond acceptors (Lipinski definition) is 3. The number of nitrogens with one attached hydrogen (secondary N) is 1. The molecule has 0 saturated heterocycles. The Kier molecular flexibility index (Phi) is 5.33. The molecule has 2 aromatic rings. The van der Waals surface area contributed by atoms with Gasteiger partial charge in [-0.15, -0.1) is 0 Å². The zero-order chi connectivity index (χ0) is 14.2. The van der Waals surface area contributed by atoms with Gasteiger partial charge in [0.1, 0.15) is 0 Å². The third-order valence-electron chi connectivity index (χ3n) is 3.08. The minimum absolute atomic E-state index is 0.484. The summed E-state index contributed by atoms with van der Waals surface area (Å²) < 4.78 is 1.87. The lowest BCUT2D eigenvalue weighted by Gasteiger charge is -2.03. The van der Waals surface area contributed by atoms with Gasteiger partial charge in [0.2, 0.25) is 0 Å². The fourth-order valence-electron chi connectivity index (χ4n) is 2.11. The van der Waals surface area contributed by atoms with E-state index in [1.165, 1.54) is 5.56 Å². The summed E-state index contributed by atoms with van der Waals surface area (Å²) in [6.45, 7) is 4.60. The molecule has 0 saturated carbocycles. The predicted octanol–water partition coefficient (Wildman–Crippen LogP) is 2.96. The second-order valence-corrected chi connectivity index (χ2v) is 4.72. The molecular formula is C16H20N4. The maximum atomic E-state index is 8.69. The third-order valence-corrected chi connectivity index (χ3v) is 3.08. The van der Waals surface area contributed by atoms with E-state index in [9.17, 15) is 0 Å². The standard InChI is InChI=1S/C16H20N4/c1-2-10-18-12-15-13-20(11-6-9-17)19-16(15)14-7-4-3-5-8-14/h3-5,7-8,13,18H,2,6,10-12H2,1H3. The van der Waals surface area contributed by atoms with Gasteiger partial charge >= 0.3 is 0 Å². The number of aromatic nitrogens is 2. The molecule has 20 heavy (non-hydrogen) atoms. The van der Waals surface area contributed by atoms with E-state index in [2.05, 4.69) is 35.5 Å². The van der Waals surface area contributed by atoms with Crippen molar-refractivity contribution in [3.05, 3.63) is 42.1 Å². The number of nitriles is 1. The Bertz CT molecular complexity index is 566. The molecule has 104 valence electrons. The second kappa shape index (κ2) is 7.46. The Morgan fingerprint density at radius 2 is 2.10 bits per heavy atom. The summed E-state index contributed by atoms with van der Waals surface area (Å²) in [4.78, 5) is 0. The summed E-state index contributed by atoms with van der Waals surface area (Å²) >= 11 is 0. The van der Waals surface area contributed by atoms with Crippen LogP contribution in [0.4, 0.5) is 0 Å². The van der Waals surface area contributed by atoms with E-state index in [-0.39, 0.29) is 0 Å². The molecule has 0 aliphatic rings. The number of benzene rings is 1. The zero-order valence-electron chi connectivity index (χ0n) is 11.8. The molecule has 0 unspecified atom stereocenters. The van der Waals surface area contributed by atoms with Crippen molar-refractivity contribution in [2.24, 2.45) is 0 Å². The molecule has 1 aromatic carbocycles. The van der Waals surface area contributed by atoms with E-state index in [4.69, 9.17) is 5.26 Å². The summed E-state index contributed by atoms with van der Waals surface area (Å²) in [5, 5.41) is 16.7. The molecule has 1 heterocycles. The third kappa shape index (κ3) is 3.69. The fraction of sp³-hybridized carbons (Fsp3) is 0.375. The van der Waals surface area contributed by atoms with Crippen LogP contribution in [0.1, 0.15) is 25.3 Å². The molecule has 2 rings (SSSR count). The first-order valence-corrected chi connectivity index (χ1v) is 7.04. The average Bonchev–Trinajstić information content (AvgIpc) is 2.89. The number of nitrogens with zero attached hydrogens (tertiary/aromatic N) is 3. The Hall–Kier alpha value is -2.12. The zero-order valence-corrected chi connectivity index (χ0v) is 11.8. The van der Waals surface area contributed by atoms with Crippen molar-refractivity contribution < 1.29 is 0 Å². The van der Waals surface area contributed by atoms with Crippen molar-refractivity contribution in [3.8, 4) is 17.3 Å². The molecule has 0 fully saturated rings. The molecule has 0 aliphatic heterocycles. The van der Waals surface area contributed by atoms with Crippen LogP contribution in [0.5, 0.6) is 0 Å². The summed E-state index contributed by atoms with van der Waals surface area (Å²) in [7, 11) is 0. The Balaban J connectivity index is 2.23. The highest BCUT2D eigenvalue weighted by molar-refractivity contribution is 5.62. The van der Waals surface area contributed by atoms with Gasteiger partial charge in [0.25, 0.3) is 0 Å². The van der Waals surface area contributed by atoms with Crippen LogP contribution >= 0.6 is 0 Å². The lowest BCUT2D eigenvalue weighted by molar-refractivity contribution is 0.626. The highest BCUT2D eigenvalue weighted by atomic mass is 15.3. The molecule has 1 N–H and O–H groups in total. The van der Waals surface area contributed by atoms with E-state index in [0.717, 1.165) is 30.8 Å². The van der Waals surface area contributed by atoms with Gasteiger partial charge in [-0.05, 0) is 13.0 Å². The smallest absolute Gasteiger partial charge is 0.0968 e. The summed E-state index contributed by atoms with van der Waals surface area (Å²) in [5.41, 5.74) is 3.31. The van der Waals surface area contributed by atoms with Gasteiger partial charge < -0.3 is 5.32 Å². The van der Waals surface area contributed by atoms with Crippen LogP contribution in [0.25, 0.3) is 11.3 Å². The van der Waals surface area contributed by atoms with E-state index in [1.54, 1.807) is 0 Å². The molecule has 4 heteroatoms. The van der Waals surface area contributed by atoms with Crippen LogP contribution in [-0.4, -0.2) is 16.3 Å². The maximum Gasteiger partial charge on any atom is 0.0968 e. The topological polar surface area (TPSA) is 53.6 Å². The van der Waals surface area contributed by atoms with Crippen molar-refractivity contribution >= 4 is 0 Å². The van der Waals surface area contributed by atoms with Crippen molar-refractivity contribution in [2.45, 2.75) is 32.9 Å². The first-order chi connectivity index (χ1) is 9.85. The molecule has 0 bridgehead atoms. The average molecular weight is 268 g/mol. The second-order valence-electron chi connectivity index (χ2n) is 4.72. The number of aryl methyl sites for hydroxylation is 1. The molecule has 1 aromatic heterocycles. The lowest BCUT2D eigenvalue weighted by Crippen LogP contribution is -2.13. The van der Waals surface area contributed by atoms with Gasteiger partial charge in [0, 0.05) is 23.9 Å². The minimum Gasteiger partial charge on any atom is -0.313 e. The van der Waals surface area contributed by atoms with Gasteiger partial charge in [-0.25, -0.2) is 0 Å². The minimum atomic E-state index is 0.484. The van der Waals surface area contributed by atoms with Crippen LogP contribution in [0.15, 0.2) is 36.5 Å². The van der Waals surface area contributed by atoms with E-state index >= 15 is 0 Å². The molecule has 0 aliphatic carbocycles. The molecular weight excluding hydrogens is 248 g/mol. The molecule has 0 spiro atoms. The molecule has 0 radical (unpaired) electrons. The van der Waals surface area contributed by atoms with Gasteiger partial charge in [-0.2, -0.15) is 10.4 Å². The van der Waals surface area contributed by atoms with Gasteiger partial charge in [0.15, 0.2) is 0 Å². The SMILES string of the molecule is CCCNCc1cn(CCC#N)nc1-c1ccccc1. The highest BCUT2D eigenvalue weighted by Crippen LogP contribution is 2.21. The van der Waals surface area contributed by atoms with Crippen molar-refractivity contribution in [3.63, 3.8) is 0 Å². The monoisotopic (exact) mass is 268 g/mol.